The van der Waals surface area contributed by atoms with Crippen LogP contribution in [0.1, 0.15) is 10.4 Å². The molecule has 0 fully saturated rings. The third kappa shape index (κ3) is 2.80. The van der Waals surface area contributed by atoms with Crippen LogP contribution in [0.15, 0.2) is 36.7 Å². The molecule has 0 bridgehead atoms. The van der Waals surface area contributed by atoms with Crippen molar-refractivity contribution < 1.29 is 14.3 Å². The number of nitrogens with one attached hydrogen (secondary N) is 1. The third-order valence-corrected chi connectivity index (χ3v) is 2.74. The quantitative estimate of drug-likeness (QED) is 0.831. The molecule has 2 aromatic rings. The van der Waals surface area contributed by atoms with Crippen molar-refractivity contribution in [3.8, 4) is 11.5 Å². The van der Waals surface area contributed by atoms with Crippen molar-refractivity contribution >= 4 is 17.3 Å². The van der Waals surface area contributed by atoms with Gasteiger partial charge in [0.25, 0.3) is 5.91 Å². The van der Waals surface area contributed by atoms with Crippen LogP contribution in [0.4, 0.5) is 11.4 Å². The molecule has 0 atom stereocenters. The molecule has 104 valence electrons. The number of methoxy groups -OCH3 is 2. The van der Waals surface area contributed by atoms with E-state index in [9.17, 15) is 4.79 Å². The maximum atomic E-state index is 12.2. The van der Waals surface area contributed by atoms with Crippen molar-refractivity contribution in [2.45, 2.75) is 0 Å². The fraction of sp³-hybridized carbons (Fsp3) is 0.143. The van der Waals surface area contributed by atoms with Gasteiger partial charge in [0.1, 0.15) is 11.5 Å². The topological polar surface area (TPSA) is 86.5 Å². The molecule has 0 spiro atoms. The predicted molar refractivity (Wildman–Crippen MR) is 76.1 cm³/mol. The van der Waals surface area contributed by atoms with Gasteiger partial charge in [0.15, 0.2) is 0 Å². The lowest BCUT2D eigenvalue weighted by Gasteiger charge is -2.12. The molecule has 1 aromatic carbocycles. The Hall–Kier alpha value is -2.76. The molecule has 6 nitrogen and oxygen atoms in total. The number of pyridine rings is 1. The van der Waals surface area contributed by atoms with E-state index < -0.39 is 0 Å². The van der Waals surface area contributed by atoms with Crippen LogP contribution >= 0.6 is 0 Å². The number of carbonyl (C=O) groups excluding carboxylic acids is 1. The summed E-state index contributed by atoms with van der Waals surface area (Å²) in [6.07, 6.45) is 3.17. The number of carbonyl (C=O) groups is 1. The summed E-state index contributed by atoms with van der Waals surface area (Å²) in [4.78, 5) is 16.2. The Morgan fingerprint density at radius 3 is 2.70 bits per heavy atom. The van der Waals surface area contributed by atoms with Gasteiger partial charge in [-0.15, -0.1) is 0 Å². The second-order valence-corrected chi connectivity index (χ2v) is 3.99. The Morgan fingerprint density at radius 2 is 2.10 bits per heavy atom. The molecule has 0 unspecified atom stereocenters. The molecular formula is C14H15N3O3. The minimum absolute atomic E-state index is 0.259. The summed E-state index contributed by atoms with van der Waals surface area (Å²) in [6.45, 7) is 0. The van der Waals surface area contributed by atoms with Gasteiger partial charge in [-0.1, -0.05) is 0 Å². The monoisotopic (exact) mass is 273 g/mol. The Bertz CT molecular complexity index is 615. The Labute approximate surface area is 116 Å². The van der Waals surface area contributed by atoms with Gasteiger partial charge < -0.3 is 20.5 Å². The van der Waals surface area contributed by atoms with Gasteiger partial charge >= 0.3 is 0 Å². The smallest absolute Gasteiger partial charge is 0.258 e. The van der Waals surface area contributed by atoms with Crippen LogP contribution in [0, 0.1) is 0 Å². The molecule has 0 aliphatic heterocycles. The van der Waals surface area contributed by atoms with Crippen molar-refractivity contribution in [3.05, 3.63) is 42.2 Å². The first-order chi connectivity index (χ1) is 9.65. The average Bonchev–Trinajstić information content (AvgIpc) is 2.48. The average molecular weight is 273 g/mol. The van der Waals surface area contributed by atoms with Crippen molar-refractivity contribution in [2.75, 3.05) is 25.3 Å². The lowest BCUT2D eigenvalue weighted by molar-refractivity contribution is 0.102. The molecule has 2 rings (SSSR count). The SMILES string of the molecule is COc1cc(OC)c(N)c(C(=O)Nc2cccnc2)c1. The van der Waals surface area contributed by atoms with E-state index in [2.05, 4.69) is 10.3 Å². The van der Waals surface area contributed by atoms with E-state index in [4.69, 9.17) is 15.2 Å². The highest BCUT2D eigenvalue weighted by Crippen LogP contribution is 2.31. The van der Waals surface area contributed by atoms with Crippen LogP contribution in [0.25, 0.3) is 0 Å². The van der Waals surface area contributed by atoms with Crippen molar-refractivity contribution in [1.82, 2.24) is 4.98 Å². The van der Waals surface area contributed by atoms with Gasteiger partial charge in [0.2, 0.25) is 0 Å². The van der Waals surface area contributed by atoms with Crippen LogP contribution in [0.5, 0.6) is 11.5 Å². The van der Waals surface area contributed by atoms with Gasteiger partial charge in [-0.25, -0.2) is 0 Å². The molecule has 1 aromatic heterocycles. The first kappa shape index (κ1) is 13.7. The molecule has 0 saturated heterocycles. The first-order valence-electron chi connectivity index (χ1n) is 5.88. The second kappa shape index (κ2) is 5.92. The van der Waals surface area contributed by atoms with E-state index >= 15 is 0 Å². The van der Waals surface area contributed by atoms with Crippen LogP contribution in [-0.4, -0.2) is 25.1 Å². The molecule has 1 heterocycles. The van der Waals surface area contributed by atoms with Crippen molar-refractivity contribution in [2.24, 2.45) is 0 Å². The van der Waals surface area contributed by atoms with Crippen LogP contribution in [0.3, 0.4) is 0 Å². The van der Waals surface area contributed by atoms with Gasteiger partial charge in [0.05, 0.1) is 37.4 Å². The van der Waals surface area contributed by atoms with Gasteiger partial charge in [-0.2, -0.15) is 0 Å². The number of aromatic nitrogens is 1. The van der Waals surface area contributed by atoms with Crippen LogP contribution < -0.4 is 20.5 Å². The number of nitrogens with two attached hydrogens (primary N) is 1. The molecule has 0 aliphatic carbocycles. The van der Waals surface area contributed by atoms with Crippen molar-refractivity contribution in [1.29, 1.82) is 0 Å². The molecule has 0 aliphatic rings. The lowest BCUT2D eigenvalue weighted by Crippen LogP contribution is -2.15. The minimum Gasteiger partial charge on any atom is -0.497 e. The molecule has 0 radical (unpaired) electrons. The fourth-order valence-corrected chi connectivity index (χ4v) is 1.71. The molecule has 3 N–H and O–H groups in total. The molecule has 1 amide bonds. The summed E-state index contributed by atoms with van der Waals surface area (Å²) in [6, 6.07) is 6.64. The highest BCUT2D eigenvalue weighted by Gasteiger charge is 2.16. The zero-order valence-electron chi connectivity index (χ0n) is 11.2. The number of hydrogen-bond acceptors (Lipinski definition) is 5. The van der Waals surface area contributed by atoms with Crippen LogP contribution in [0.2, 0.25) is 0 Å². The number of benzene rings is 1. The molecular weight excluding hydrogens is 258 g/mol. The van der Waals surface area contributed by atoms with Crippen LogP contribution in [-0.2, 0) is 0 Å². The number of ether oxygens (including phenoxy) is 2. The predicted octanol–water partition coefficient (Wildman–Crippen LogP) is 1.93. The largest absolute Gasteiger partial charge is 0.497 e. The van der Waals surface area contributed by atoms with E-state index in [1.165, 1.54) is 14.2 Å². The molecule has 6 heteroatoms. The van der Waals surface area contributed by atoms with E-state index in [1.54, 1.807) is 36.7 Å². The van der Waals surface area contributed by atoms with Gasteiger partial charge in [-0.05, 0) is 18.2 Å². The summed E-state index contributed by atoms with van der Waals surface area (Å²) in [5, 5.41) is 2.71. The van der Waals surface area contributed by atoms with E-state index in [0.717, 1.165) is 0 Å². The third-order valence-electron chi connectivity index (χ3n) is 2.74. The maximum Gasteiger partial charge on any atom is 0.258 e. The number of rotatable bonds is 4. The molecule has 20 heavy (non-hydrogen) atoms. The van der Waals surface area contributed by atoms with E-state index in [0.29, 0.717) is 17.2 Å². The highest BCUT2D eigenvalue weighted by atomic mass is 16.5. The van der Waals surface area contributed by atoms with Gasteiger partial charge in [0, 0.05) is 12.3 Å². The second-order valence-electron chi connectivity index (χ2n) is 3.99. The summed E-state index contributed by atoms with van der Waals surface area (Å²) in [5.41, 5.74) is 7.04. The zero-order chi connectivity index (χ0) is 14.5. The lowest BCUT2D eigenvalue weighted by atomic mass is 10.1. The number of nitrogens with zero attached hydrogens (tertiary/aromatic N) is 1. The summed E-state index contributed by atoms with van der Waals surface area (Å²) in [7, 11) is 2.99. The summed E-state index contributed by atoms with van der Waals surface area (Å²) in [5.74, 6) is 0.528. The minimum atomic E-state index is -0.354. The number of hydrogen-bond donors (Lipinski definition) is 2. The summed E-state index contributed by atoms with van der Waals surface area (Å²) < 4.78 is 10.3. The highest BCUT2D eigenvalue weighted by molar-refractivity contribution is 6.08. The number of anilines is 2. The first-order valence-corrected chi connectivity index (χ1v) is 5.88. The Kier molecular flexibility index (Phi) is 4.05. The molecule has 0 saturated carbocycles. The number of amides is 1. The maximum absolute atomic E-state index is 12.2. The Morgan fingerprint density at radius 1 is 1.30 bits per heavy atom. The Balaban J connectivity index is 2.34. The zero-order valence-corrected chi connectivity index (χ0v) is 11.2. The number of nitrogen functional groups attached to an aromatic ring is 1. The fourth-order valence-electron chi connectivity index (χ4n) is 1.71. The summed E-state index contributed by atoms with van der Waals surface area (Å²) >= 11 is 0. The van der Waals surface area contributed by atoms with E-state index in [-0.39, 0.29) is 17.2 Å². The standard InChI is InChI=1S/C14H15N3O3/c1-19-10-6-11(13(15)12(7-10)20-2)14(18)17-9-4-3-5-16-8-9/h3-8H,15H2,1-2H3,(H,17,18). The van der Waals surface area contributed by atoms with Gasteiger partial charge in [-0.3, -0.25) is 9.78 Å². The van der Waals surface area contributed by atoms with Crippen molar-refractivity contribution in [3.63, 3.8) is 0 Å². The van der Waals surface area contributed by atoms with E-state index in [1.807, 2.05) is 0 Å². The normalized spacial score (nSPS) is 9.90.